The first-order chi connectivity index (χ1) is 21.7. The summed E-state index contributed by atoms with van der Waals surface area (Å²) in [7, 11) is 0. The van der Waals surface area contributed by atoms with Crippen LogP contribution in [0.15, 0.2) is 83.4 Å². The number of hydrogen-bond acceptors (Lipinski definition) is 9. The highest BCUT2D eigenvalue weighted by Crippen LogP contribution is 2.42. The lowest BCUT2D eigenvalue weighted by Gasteiger charge is -2.49. The molecule has 11 heteroatoms. The van der Waals surface area contributed by atoms with E-state index in [1.54, 1.807) is 32.5 Å². The third kappa shape index (κ3) is 8.72. The number of thioether (sulfide) groups is 2. The molecule has 3 heterocycles. The lowest BCUT2D eigenvalue weighted by atomic mass is 10.0. The van der Waals surface area contributed by atoms with E-state index < -0.39 is 35.2 Å². The van der Waals surface area contributed by atoms with Crippen molar-refractivity contribution in [1.82, 2.24) is 10.2 Å². The summed E-state index contributed by atoms with van der Waals surface area (Å²) in [5.41, 5.74) is 1.78. The van der Waals surface area contributed by atoms with Crippen molar-refractivity contribution in [3.05, 3.63) is 94.5 Å². The van der Waals surface area contributed by atoms with Gasteiger partial charge in [0.25, 0.3) is 5.91 Å². The number of β-lactam (4-membered cyclic amide) rings is 1. The van der Waals surface area contributed by atoms with Gasteiger partial charge in [0.1, 0.15) is 22.7 Å². The zero-order valence-electron chi connectivity index (χ0n) is 25.8. The number of amides is 2. The standard InChI is InChI=1S/C34H40N2O7S2/c1-34(2,3)43-33(39)35-27-30(37)36-28(32(38)42-29(23-12-6-4-7-13-23)24-14-8-5-9-15-24)25(22-45-31(27)36)17-20-44-21-19-41-26-16-10-11-18-40-26/h4-9,12-15,17,20,26-27,29,31H,10-11,16,18-19,21-22H2,1-3H3,(H,35,39)/b20-17+/t26?,27-,31-/m1/s1. The van der Waals surface area contributed by atoms with Crippen LogP contribution in [-0.2, 0) is 28.5 Å². The van der Waals surface area contributed by atoms with Crippen molar-refractivity contribution >= 4 is 41.5 Å². The van der Waals surface area contributed by atoms with Gasteiger partial charge in [-0.2, -0.15) is 0 Å². The quantitative estimate of drug-likeness (QED) is 0.173. The van der Waals surface area contributed by atoms with Crippen LogP contribution in [0.4, 0.5) is 4.79 Å². The summed E-state index contributed by atoms with van der Waals surface area (Å²) in [5, 5.41) is 4.14. The Hall–Kier alpha value is -3.25. The Balaban J connectivity index is 1.34. The highest BCUT2D eigenvalue weighted by molar-refractivity contribution is 8.02. The molecule has 0 aliphatic carbocycles. The molecule has 3 aliphatic heterocycles. The van der Waals surface area contributed by atoms with E-state index in [2.05, 4.69) is 5.32 Å². The minimum atomic E-state index is -0.814. The number of rotatable bonds is 11. The van der Waals surface area contributed by atoms with Gasteiger partial charge in [-0.3, -0.25) is 9.69 Å². The number of allylic oxidation sites excluding steroid dienone is 1. The number of nitrogens with zero attached hydrogens (tertiary/aromatic N) is 1. The molecule has 9 nitrogen and oxygen atoms in total. The van der Waals surface area contributed by atoms with Gasteiger partial charge >= 0.3 is 12.1 Å². The predicted octanol–water partition coefficient (Wildman–Crippen LogP) is 6.17. The van der Waals surface area contributed by atoms with Crippen LogP contribution in [0, 0.1) is 0 Å². The number of benzene rings is 2. The van der Waals surface area contributed by atoms with Gasteiger partial charge in [-0.05, 0) is 68.2 Å². The highest BCUT2D eigenvalue weighted by Gasteiger charge is 2.54. The van der Waals surface area contributed by atoms with Crippen LogP contribution in [0.3, 0.4) is 0 Å². The Labute approximate surface area is 273 Å². The monoisotopic (exact) mass is 652 g/mol. The molecule has 1 unspecified atom stereocenters. The maximum atomic E-state index is 14.1. The number of ether oxygens (including phenoxy) is 4. The van der Waals surface area contributed by atoms with Crippen LogP contribution < -0.4 is 5.32 Å². The summed E-state index contributed by atoms with van der Waals surface area (Å²) >= 11 is 3.04. The first kappa shape index (κ1) is 33.1. The number of carbonyl (C=O) groups excluding carboxylic acids is 3. The molecule has 3 atom stereocenters. The van der Waals surface area contributed by atoms with E-state index in [1.165, 1.54) is 16.7 Å². The molecular weight excluding hydrogens is 613 g/mol. The fraction of sp³-hybridized carbons (Fsp3) is 0.441. The molecule has 1 N–H and O–H groups in total. The second-order valence-electron chi connectivity index (χ2n) is 11.9. The molecule has 45 heavy (non-hydrogen) atoms. The topological polar surface area (TPSA) is 103 Å². The van der Waals surface area contributed by atoms with Crippen molar-refractivity contribution in [2.45, 2.75) is 69.4 Å². The average Bonchev–Trinajstić information content (AvgIpc) is 3.04. The zero-order valence-corrected chi connectivity index (χ0v) is 27.4. The van der Waals surface area contributed by atoms with Crippen LogP contribution in [0.25, 0.3) is 0 Å². The van der Waals surface area contributed by atoms with Gasteiger partial charge < -0.3 is 24.3 Å². The summed E-state index contributed by atoms with van der Waals surface area (Å²) < 4.78 is 23.0. The van der Waals surface area contributed by atoms with Gasteiger partial charge in [-0.25, -0.2) is 9.59 Å². The van der Waals surface area contributed by atoms with E-state index in [0.29, 0.717) is 23.7 Å². The van der Waals surface area contributed by atoms with E-state index >= 15 is 0 Å². The molecule has 2 fully saturated rings. The van der Waals surface area contributed by atoms with Gasteiger partial charge in [0.2, 0.25) is 0 Å². The molecule has 0 radical (unpaired) electrons. The minimum Gasteiger partial charge on any atom is -0.448 e. The van der Waals surface area contributed by atoms with Crippen molar-refractivity contribution in [3.63, 3.8) is 0 Å². The van der Waals surface area contributed by atoms with E-state index in [4.69, 9.17) is 18.9 Å². The van der Waals surface area contributed by atoms with Crippen LogP contribution in [0.5, 0.6) is 0 Å². The van der Waals surface area contributed by atoms with Crippen molar-refractivity contribution in [2.75, 3.05) is 24.7 Å². The van der Waals surface area contributed by atoms with Crippen LogP contribution in [0.1, 0.15) is 57.3 Å². The van der Waals surface area contributed by atoms with Gasteiger partial charge in [0, 0.05) is 18.1 Å². The van der Waals surface area contributed by atoms with Crippen LogP contribution >= 0.6 is 23.5 Å². The smallest absolute Gasteiger partial charge is 0.408 e. The maximum Gasteiger partial charge on any atom is 0.408 e. The number of nitrogens with one attached hydrogen (secondary N) is 1. The summed E-state index contributed by atoms with van der Waals surface area (Å²) in [5.74, 6) is 0.175. The summed E-state index contributed by atoms with van der Waals surface area (Å²) in [6, 6.07) is 18.2. The van der Waals surface area contributed by atoms with Gasteiger partial charge in [-0.15, -0.1) is 23.5 Å². The van der Waals surface area contributed by atoms with E-state index in [1.807, 2.05) is 72.1 Å². The SMILES string of the molecule is CC(C)(C)OC(=O)N[C@@H]1C(=O)N2C(C(=O)OC(c3ccccc3)c3ccccc3)=C(/C=C/SCCOC3CCCCO3)CS[C@H]12. The molecule has 3 aliphatic rings. The van der Waals surface area contributed by atoms with Gasteiger partial charge in [0.05, 0.1) is 6.61 Å². The van der Waals surface area contributed by atoms with E-state index in [9.17, 15) is 14.4 Å². The molecule has 0 aromatic heterocycles. The lowest BCUT2D eigenvalue weighted by Crippen LogP contribution is -2.70. The van der Waals surface area contributed by atoms with Crippen molar-refractivity contribution in [1.29, 1.82) is 0 Å². The normalized spacial score (nSPS) is 21.8. The zero-order chi connectivity index (χ0) is 31.8. The fourth-order valence-electron chi connectivity index (χ4n) is 5.21. The lowest BCUT2D eigenvalue weighted by molar-refractivity contribution is -0.158. The molecule has 240 valence electrons. The third-order valence-corrected chi connectivity index (χ3v) is 9.33. The Morgan fingerprint density at radius 3 is 2.40 bits per heavy atom. The molecule has 0 spiro atoms. The summed E-state index contributed by atoms with van der Waals surface area (Å²) in [6.07, 6.45) is 3.48. The molecule has 5 rings (SSSR count). The number of esters is 1. The number of carbonyl (C=O) groups is 3. The Morgan fingerprint density at radius 1 is 1.09 bits per heavy atom. The average molecular weight is 653 g/mol. The summed E-state index contributed by atoms with van der Waals surface area (Å²) in [6.45, 7) is 6.56. The van der Waals surface area contributed by atoms with Gasteiger partial charge in [0.15, 0.2) is 12.4 Å². The third-order valence-electron chi connectivity index (χ3n) is 7.30. The minimum absolute atomic E-state index is 0.138. The largest absolute Gasteiger partial charge is 0.448 e. The number of fused-ring (bicyclic) bond motifs is 1. The molecular formula is C34H40N2O7S2. The number of alkyl carbamates (subject to hydrolysis) is 1. The molecule has 0 bridgehead atoms. The fourth-order valence-corrected chi connectivity index (χ4v) is 7.12. The molecule has 2 amide bonds. The second kappa shape index (κ2) is 15.4. The first-order valence-electron chi connectivity index (χ1n) is 15.2. The van der Waals surface area contributed by atoms with Crippen molar-refractivity contribution < 1.29 is 33.3 Å². The second-order valence-corrected chi connectivity index (χ2v) is 14.0. The van der Waals surface area contributed by atoms with Crippen LogP contribution in [0.2, 0.25) is 0 Å². The van der Waals surface area contributed by atoms with Gasteiger partial charge in [-0.1, -0.05) is 60.7 Å². The molecule has 2 aromatic carbocycles. The summed E-state index contributed by atoms with van der Waals surface area (Å²) in [4.78, 5) is 41.5. The first-order valence-corrected chi connectivity index (χ1v) is 17.3. The number of hydrogen-bond donors (Lipinski definition) is 1. The highest BCUT2D eigenvalue weighted by atomic mass is 32.2. The molecule has 0 saturated carbocycles. The maximum absolute atomic E-state index is 14.1. The predicted molar refractivity (Wildman–Crippen MR) is 175 cm³/mol. The van der Waals surface area contributed by atoms with Crippen molar-refractivity contribution in [2.24, 2.45) is 0 Å². The Kier molecular flexibility index (Phi) is 11.3. The Bertz CT molecular complexity index is 1350. The molecule has 2 saturated heterocycles. The van der Waals surface area contributed by atoms with E-state index in [-0.39, 0.29) is 17.9 Å². The Morgan fingerprint density at radius 2 is 1.78 bits per heavy atom. The van der Waals surface area contributed by atoms with Crippen molar-refractivity contribution in [3.8, 4) is 0 Å². The molecule has 2 aromatic rings. The van der Waals surface area contributed by atoms with E-state index in [0.717, 1.165) is 37.0 Å². The van der Waals surface area contributed by atoms with Crippen LogP contribution in [-0.4, -0.2) is 70.9 Å².